The summed E-state index contributed by atoms with van der Waals surface area (Å²) in [5.41, 5.74) is 0. The maximum atomic E-state index is 12.4. The maximum absolute atomic E-state index is 12.4. The first-order chi connectivity index (χ1) is 9.83. The maximum Gasteiger partial charge on any atom is 0.245 e. The van der Waals surface area contributed by atoms with Crippen LogP contribution in [-0.2, 0) is 16.6 Å². The molecule has 0 radical (unpaired) electrons. The number of halogens is 1. The highest BCUT2D eigenvalue weighted by molar-refractivity contribution is 9.10. The van der Waals surface area contributed by atoms with Crippen molar-refractivity contribution in [1.29, 1.82) is 0 Å². The molecule has 120 valence electrons. The van der Waals surface area contributed by atoms with E-state index in [9.17, 15) is 8.42 Å². The second-order valence-corrected chi connectivity index (χ2v) is 8.20. The molecule has 0 aliphatic heterocycles. The van der Waals surface area contributed by atoms with Crippen LogP contribution in [0.5, 0.6) is 0 Å². The smallest absolute Gasteiger partial charge is 0.245 e. The van der Waals surface area contributed by atoms with Gasteiger partial charge in [-0.2, -0.15) is 0 Å². The summed E-state index contributed by atoms with van der Waals surface area (Å²) in [4.78, 5) is 0.172. The number of sulfonamides is 1. The fraction of sp³-hybridized carbons (Fsp3) is 0.714. The van der Waals surface area contributed by atoms with Gasteiger partial charge in [-0.25, -0.2) is 13.1 Å². The zero-order valence-electron chi connectivity index (χ0n) is 12.6. The Labute approximate surface area is 135 Å². The molecule has 1 aliphatic rings. The molecule has 2 atom stereocenters. The summed E-state index contributed by atoms with van der Waals surface area (Å²) in [6.45, 7) is 6.52. The van der Waals surface area contributed by atoms with Crippen LogP contribution in [0.15, 0.2) is 20.0 Å². The van der Waals surface area contributed by atoms with Gasteiger partial charge in [0.15, 0.2) is 4.67 Å². The van der Waals surface area contributed by atoms with Crippen LogP contribution in [0.4, 0.5) is 0 Å². The summed E-state index contributed by atoms with van der Waals surface area (Å²) in [6.07, 6.45) is 3.29. The molecular formula is C14H23BrN2O3S. The van der Waals surface area contributed by atoms with Crippen LogP contribution in [0.3, 0.4) is 0 Å². The third-order valence-corrected chi connectivity index (χ3v) is 6.39. The van der Waals surface area contributed by atoms with Gasteiger partial charge in [0.25, 0.3) is 0 Å². The molecule has 0 amide bonds. The second-order valence-electron chi connectivity index (χ2n) is 5.80. The van der Waals surface area contributed by atoms with E-state index < -0.39 is 10.0 Å². The van der Waals surface area contributed by atoms with E-state index in [-0.39, 0.29) is 21.5 Å². The quantitative estimate of drug-likeness (QED) is 0.729. The van der Waals surface area contributed by atoms with E-state index in [1.165, 1.54) is 12.8 Å². The summed E-state index contributed by atoms with van der Waals surface area (Å²) >= 11 is 3.21. The average molecular weight is 379 g/mol. The minimum atomic E-state index is -3.57. The molecule has 0 saturated heterocycles. The van der Waals surface area contributed by atoms with Crippen LogP contribution < -0.4 is 10.0 Å². The predicted octanol–water partition coefficient (Wildman–Crippen LogP) is 3.01. The first kappa shape index (κ1) is 17.0. The summed E-state index contributed by atoms with van der Waals surface area (Å²) in [6, 6.07) is 2.03. The Bertz CT molecular complexity index is 581. The summed E-state index contributed by atoms with van der Waals surface area (Å²) in [5.74, 6) is 0.909. The van der Waals surface area contributed by atoms with Crippen LogP contribution in [0, 0.1) is 5.92 Å². The fourth-order valence-electron chi connectivity index (χ4n) is 1.98. The molecule has 1 saturated carbocycles. The summed E-state index contributed by atoms with van der Waals surface area (Å²) < 4.78 is 33.3. The monoisotopic (exact) mass is 378 g/mol. The Morgan fingerprint density at radius 1 is 1.43 bits per heavy atom. The van der Waals surface area contributed by atoms with Crippen molar-refractivity contribution in [2.24, 2.45) is 5.92 Å². The lowest BCUT2D eigenvalue weighted by molar-refractivity contribution is 0.432. The van der Waals surface area contributed by atoms with Crippen LogP contribution in [0.1, 0.15) is 45.8 Å². The molecule has 2 rings (SSSR count). The molecule has 7 heteroatoms. The van der Waals surface area contributed by atoms with Gasteiger partial charge in [0.2, 0.25) is 10.0 Å². The molecule has 1 aliphatic carbocycles. The van der Waals surface area contributed by atoms with Crippen molar-refractivity contribution in [3.63, 3.8) is 0 Å². The number of rotatable bonds is 8. The molecule has 2 unspecified atom stereocenters. The van der Waals surface area contributed by atoms with E-state index in [0.29, 0.717) is 18.3 Å². The minimum Gasteiger partial charge on any atom is -0.452 e. The van der Waals surface area contributed by atoms with E-state index in [2.05, 4.69) is 26.0 Å². The zero-order chi connectivity index (χ0) is 15.6. The van der Waals surface area contributed by atoms with E-state index >= 15 is 0 Å². The Morgan fingerprint density at radius 3 is 2.67 bits per heavy atom. The Hall–Kier alpha value is -0.370. The lowest BCUT2D eigenvalue weighted by Crippen LogP contribution is -2.36. The van der Waals surface area contributed by atoms with Crippen LogP contribution in [0.2, 0.25) is 0 Å². The van der Waals surface area contributed by atoms with Crippen molar-refractivity contribution >= 4 is 26.0 Å². The number of hydrogen-bond acceptors (Lipinski definition) is 4. The van der Waals surface area contributed by atoms with Gasteiger partial charge in [-0.3, -0.25) is 0 Å². The first-order valence-corrected chi connectivity index (χ1v) is 9.65. The second kappa shape index (κ2) is 6.81. The Balaban J connectivity index is 2.07. The molecule has 2 N–H and O–H groups in total. The third kappa shape index (κ3) is 4.55. The van der Waals surface area contributed by atoms with E-state index in [1.807, 2.05) is 20.8 Å². The first-order valence-electron chi connectivity index (χ1n) is 7.37. The molecule has 1 aromatic rings. The Kier molecular flexibility index (Phi) is 5.51. The van der Waals surface area contributed by atoms with Crippen molar-refractivity contribution < 1.29 is 12.8 Å². The fourth-order valence-corrected chi connectivity index (χ4v) is 4.33. The van der Waals surface area contributed by atoms with Gasteiger partial charge in [-0.15, -0.1) is 0 Å². The van der Waals surface area contributed by atoms with Gasteiger partial charge in [0.05, 0.1) is 6.54 Å². The van der Waals surface area contributed by atoms with Crippen molar-refractivity contribution in [3.05, 3.63) is 16.5 Å². The van der Waals surface area contributed by atoms with Crippen molar-refractivity contribution in [2.75, 3.05) is 0 Å². The van der Waals surface area contributed by atoms with E-state index in [1.54, 1.807) is 6.07 Å². The highest BCUT2D eigenvalue weighted by atomic mass is 79.9. The molecule has 5 nitrogen and oxygen atoms in total. The van der Waals surface area contributed by atoms with Gasteiger partial charge in [0.1, 0.15) is 10.7 Å². The average Bonchev–Trinajstić information content (AvgIpc) is 3.17. The van der Waals surface area contributed by atoms with Gasteiger partial charge < -0.3 is 9.73 Å². The highest BCUT2D eigenvalue weighted by Crippen LogP contribution is 2.27. The van der Waals surface area contributed by atoms with Gasteiger partial charge in [-0.1, -0.05) is 20.3 Å². The molecule has 1 aromatic heterocycles. The minimum absolute atomic E-state index is 0.116. The lowest BCUT2D eigenvalue weighted by atomic mass is 10.0. The number of nitrogens with one attached hydrogen (secondary N) is 2. The van der Waals surface area contributed by atoms with Crippen LogP contribution >= 0.6 is 15.9 Å². The predicted molar refractivity (Wildman–Crippen MR) is 85.5 cm³/mol. The number of furan rings is 1. The largest absolute Gasteiger partial charge is 0.452 e. The summed E-state index contributed by atoms with van der Waals surface area (Å²) in [7, 11) is -3.57. The molecule has 1 fully saturated rings. The molecule has 0 bridgehead atoms. The molecular weight excluding hydrogens is 356 g/mol. The normalized spacial score (nSPS) is 18.7. The molecule has 0 aromatic carbocycles. The molecule has 0 spiro atoms. The van der Waals surface area contributed by atoms with Crippen molar-refractivity contribution in [2.45, 2.75) is 63.6 Å². The third-order valence-electron chi connectivity index (χ3n) is 3.98. The highest BCUT2D eigenvalue weighted by Gasteiger charge is 2.26. The van der Waals surface area contributed by atoms with Gasteiger partial charge in [-0.05, 0) is 41.6 Å². The van der Waals surface area contributed by atoms with Crippen LogP contribution in [-0.4, -0.2) is 20.5 Å². The van der Waals surface area contributed by atoms with Crippen molar-refractivity contribution in [3.8, 4) is 0 Å². The van der Waals surface area contributed by atoms with Crippen molar-refractivity contribution in [1.82, 2.24) is 10.0 Å². The molecule has 21 heavy (non-hydrogen) atoms. The number of hydrogen-bond donors (Lipinski definition) is 2. The SMILES string of the molecule is CCC(C)C(C)NS(=O)(=O)c1cc(CNC2CC2)oc1Br. The molecule has 1 heterocycles. The van der Waals surface area contributed by atoms with E-state index in [4.69, 9.17) is 4.42 Å². The zero-order valence-corrected chi connectivity index (χ0v) is 15.1. The van der Waals surface area contributed by atoms with E-state index in [0.717, 1.165) is 6.42 Å². The van der Waals surface area contributed by atoms with Gasteiger partial charge in [0, 0.05) is 18.2 Å². The van der Waals surface area contributed by atoms with Gasteiger partial charge >= 0.3 is 0 Å². The standard InChI is InChI=1S/C14H23BrN2O3S/c1-4-9(2)10(3)17-21(18,19)13-7-12(20-14(13)15)8-16-11-5-6-11/h7,9-11,16-17H,4-6,8H2,1-3H3. The Morgan fingerprint density at radius 2 is 2.10 bits per heavy atom. The summed E-state index contributed by atoms with van der Waals surface area (Å²) in [5, 5.41) is 3.30. The van der Waals surface area contributed by atoms with Crippen LogP contribution in [0.25, 0.3) is 0 Å². The lowest BCUT2D eigenvalue weighted by Gasteiger charge is -2.19. The topological polar surface area (TPSA) is 71.3 Å².